The summed E-state index contributed by atoms with van der Waals surface area (Å²) < 4.78 is 22.3. The molecule has 4 aliphatic rings. The van der Waals surface area contributed by atoms with Crippen LogP contribution >= 0.6 is 0 Å². The molecule has 1 N–H and O–H groups in total. The number of piperazine rings is 1. The molecule has 1 aliphatic carbocycles. The predicted molar refractivity (Wildman–Crippen MR) is 152 cm³/mol. The Balaban J connectivity index is 0.995. The van der Waals surface area contributed by atoms with E-state index in [1.807, 2.05) is 4.90 Å². The minimum absolute atomic E-state index is 0.0476. The zero-order chi connectivity index (χ0) is 29.7. The van der Waals surface area contributed by atoms with Gasteiger partial charge in [0.25, 0.3) is 0 Å². The smallest absolute Gasteiger partial charge is 0.414 e. The predicted octanol–water partition coefficient (Wildman–Crippen LogP) is 1.65. The molecule has 0 radical (unpaired) electrons. The van der Waals surface area contributed by atoms with Gasteiger partial charge in [-0.1, -0.05) is 11.3 Å². The molecule has 3 saturated heterocycles. The summed E-state index contributed by atoms with van der Waals surface area (Å²) in [6, 6.07) is 10.8. The number of benzene rings is 1. The quantitative estimate of drug-likeness (QED) is 0.440. The number of hydrogen-bond acceptors (Lipinski definition) is 9. The average Bonchev–Trinajstić information content (AvgIpc) is 3.50. The van der Waals surface area contributed by atoms with Crippen LogP contribution < -0.4 is 10.2 Å². The van der Waals surface area contributed by atoms with Crippen molar-refractivity contribution in [3.8, 4) is 17.2 Å². The number of carbonyl (C=O) groups excluding carboxylic acids is 2. The van der Waals surface area contributed by atoms with Crippen LogP contribution in [0.3, 0.4) is 0 Å². The van der Waals surface area contributed by atoms with Gasteiger partial charge in [-0.2, -0.15) is 5.26 Å². The summed E-state index contributed by atoms with van der Waals surface area (Å²) in [5.74, 6) is -0.273. The van der Waals surface area contributed by atoms with Crippen molar-refractivity contribution in [2.45, 2.75) is 30.5 Å². The summed E-state index contributed by atoms with van der Waals surface area (Å²) in [5, 5.41) is 21.3. The Hall–Kier alpha value is -4.41. The van der Waals surface area contributed by atoms with Crippen LogP contribution in [0.2, 0.25) is 0 Å². The molecule has 4 fully saturated rings. The number of halogens is 1. The van der Waals surface area contributed by atoms with Crippen LogP contribution in [0, 0.1) is 29.0 Å². The molecular weight excluding hydrogens is 553 g/mol. The lowest BCUT2D eigenvalue weighted by molar-refractivity contribution is -0.131. The Morgan fingerprint density at radius 1 is 1.21 bits per heavy atom. The van der Waals surface area contributed by atoms with Gasteiger partial charge in [0.15, 0.2) is 0 Å². The Morgan fingerprint density at radius 3 is 2.72 bits per heavy atom. The van der Waals surface area contributed by atoms with E-state index in [0.717, 1.165) is 19.6 Å². The molecule has 3 aliphatic heterocycles. The Morgan fingerprint density at radius 2 is 2.05 bits per heavy atom. The van der Waals surface area contributed by atoms with E-state index in [1.165, 1.54) is 11.0 Å². The molecule has 12 nitrogen and oxygen atoms in total. The fraction of sp³-hybridized carbons (Fsp3) is 0.467. The first kappa shape index (κ1) is 27.4. The number of pyridine rings is 1. The van der Waals surface area contributed by atoms with Gasteiger partial charge in [-0.25, -0.2) is 13.9 Å². The van der Waals surface area contributed by atoms with Crippen molar-refractivity contribution in [3.05, 3.63) is 60.4 Å². The van der Waals surface area contributed by atoms with Crippen LogP contribution in [0.4, 0.5) is 14.9 Å². The number of aromatic nitrogens is 4. The summed E-state index contributed by atoms with van der Waals surface area (Å²) in [5.41, 5.74) is 1.25. The number of anilines is 1. The molecule has 2 aromatic heterocycles. The minimum atomic E-state index is -0.722. The van der Waals surface area contributed by atoms with Crippen LogP contribution in [-0.4, -0.2) is 100 Å². The van der Waals surface area contributed by atoms with Crippen LogP contribution in [0.5, 0.6) is 0 Å². The normalized spacial score (nSPS) is 28.4. The number of nitrogens with one attached hydrogen (secondary N) is 1. The van der Waals surface area contributed by atoms with Gasteiger partial charge in [-0.05, 0) is 31.3 Å². The standard InChI is InChI=1S/C30H32FN9O3/c1-37-8-6-33-20(13-37)10-28(41)38-16-24-25(17-38)30(24,18-32)27-5-2-19(12-34-27)23-4-3-21(11-26(23)31)40-15-22(43-29(40)42)14-39-9-7-35-36-39/h2-5,7,9,11-12,20,22,24-25,33H,6,8,10,13-17H2,1H3/t20?,22-,24-,25+,30?/m0/s1. The Bertz CT molecular complexity index is 1560. The molecule has 7 rings (SSSR count). The molecule has 222 valence electrons. The maximum atomic E-state index is 15.3. The number of amides is 2. The molecule has 0 bridgehead atoms. The highest BCUT2D eigenvalue weighted by Crippen LogP contribution is 2.62. The average molecular weight is 586 g/mol. The second-order valence-electron chi connectivity index (χ2n) is 11.9. The van der Waals surface area contributed by atoms with Crippen molar-refractivity contribution < 1.29 is 18.7 Å². The largest absolute Gasteiger partial charge is 0.442 e. The molecule has 5 heterocycles. The zero-order valence-corrected chi connectivity index (χ0v) is 23.8. The summed E-state index contributed by atoms with van der Waals surface area (Å²) in [6.45, 7) is 4.45. The molecule has 0 spiro atoms. The molecule has 5 atom stereocenters. The van der Waals surface area contributed by atoms with Crippen LogP contribution in [0.1, 0.15) is 12.1 Å². The van der Waals surface area contributed by atoms with E-state index in [1.54, 1.807) is 47.5 Å². The highest BCUT2D eigenvalue weighted by molar-refractivity contribution is 5.90. The van der Waals surface area contributed by atoms with Crippen molar-refractivity contribution in [2.75, 3.05) is 51.2 Å². The summed E-state index contributed by atoms with van der Waals surface area (Å²) >= 11 is 0. The monoisotopic (exact) mass is 585 g/mol. The zero-order valence-electron chi connectivity index (χ0n) is 23.8. The Kier molecular flexibility index (Phi) is 6.82. The lowest BCUT2D eigenvalue weighted by Crippen LogP contribution is -2.51. The molecule has 1 saturated carbocycles. The number of nitrogens with zero attached hydrogens (tertiary/aromatic N) is 8. The summed E-state index contributed by atoms with van der Waals surface area (Å²) in [4.78, 5) is 35.5. The number of fused-ring (bicyclic) bond motifs is 1. The molecule has 2 amide bonds. The van der Waals surface area contributed by atoms with Crippen LogP contribution in [0.25, 0.3) is 11.1 Å². The molecular formula is C30H32FN9O3. The van der Waals surface area contributed by atoms with Crippen molar-refractivity contribution in [1.82, 2.24) is 35.1 Å². The van der Waals surface area contributed by atoms with E-state index in [-0.39, 0.29) is 30.3 Å². The molecule has 1 aromatic carbocycles. The van der Waals surface area contributed by atoms with E-state index >= 15 is 4.39 Å². The summed E-state index contributed by atoms with van der Waals surface area (Å²) in [6.07, 6.45) is 4.31. The van der Waals surface area contributed by atoms with Gasteiger partial charge in [0, 0.05) is 80.5 Å². The van der Waals surface area contributed by atoms with Crippen LogP contribution in [0.15, 0.2) is 48.9 Å². The molecule has 43 heavy (non-hydrogen) atoms. The van der Waals surface area contributed by atoms with Gasteiger partial charge < -0.3 is 19.9 Å². The van der Waals surface area contributed by atoms with Crippen molar-refractivity contribution in [2.24, 2.45) is 11.8 Å². The second kappa shape index (κ2) is 10.7. The molecule has 13 heteroatoms. The third-order valence-electron chi connectivity index (χ3n) is 9.30. The van der Waals surface area contributed by atoms with Gasteiger partial charge >= 0.3 is 6.09 Å². The lowest BCUT2D eigenvalue weighted by atomic mass is 9.95. The minimum Gasteiger partial charge on any atom is -0.442 e. The number of piperidine rings is 1. The van der Waals surface area contributed by atoms with Gasteiger partial charge in [0.05, 0.1) is 36.7 Å². The third-order valence-corrected chi connectivity index (χ3v) is 9.30. The first-order valence-corrected chi connectivity index (χ1v) is 14.6. The highest BCUT2D eigenvalue weighted by atomic mass is 19.1. The fourth-order valence-corrected chi connectivity index (χ4v) is 6.98. The van der Waals surface area contributed by atoms with Gasteiger partial charge in [0.2, 0.25) is 5.91 Å². The van der Waals surface area contributed by atoms with E-state index < -0.39 is 23.4 Å². The molecule has 3 aromatic rings. The van der Waals surface area contributed by atoms with E-state index in [9.17, 15) is 14.9 Å². The number of likely N-dealkylation sites (N-methyl/N-ethyl adjacent to an activating group) is 1. The van der Waals surface area contributed by atoms with E-state index in [4.69, 9.17) is 4.74 Å². The number of cyclic esters (lactones) is 1. The number of ether oxygens (including phenoxy) is 1. The SMILES string of the molecule is CN1CCNC(CC(=O)N2C[C@@H]3[C@H](C2)C3(C#N)c2ccc(-c3ccc(N4C[C@H](Cn5ccnn5)OC4=O)cc3F)cn2)C1. The van der Waals surface area contributed by atoms with Crippen LogP contribution in [-0.2, 0) is 21.5 Å². The summed E-state index contributed by atoms with van der Waals surface area (Å²) in [7, 11) is 2.07. The Labute approximate surface area is 248 Å². The topological polar surface area (TPSA) is 133 Å². The first-order chi connectivity index (χ1) is 20.9. The number of rotatable bonds is 7. The number of carbonyl (C=O) groups is 2. The number of hydrogen-bond donors (Lipinski definition) is 1. The van der Waals surface area contributed by atoms with E-state index in [2.05, 4.69) is 38.6 Å². The fourth-order valence-electron chi connectivity index (χ4n) is 6.98. The number of likely N-dealkylation sites (tertiary alicyclic amines) is 1. The van der Waals surface area contributed by atoms with Gasteiger partial charge in [-0.3, -0.25) is 14.7 Å². The first-order valence-electron chi connectivity index (χ1n) is 14.6. The van der Waals surface area contributed by atoms with E-state index in [0.29, 0.717) is 48.6 Å². The third kappa shape index (κ3) is 4.90. The molecule has 2 unspecified atom stereocenters. The maximum Gasteiger partial charge on any atom is 0.414 e. The highest BCUT2D eigenvalue weighted by Gasteiger charge is 2.71. The van der Waals surface area contributed by atoms with Gasteiger partial charge in [0.1, 0.15) is 17.3 Å². The van der Waals surface area contributed by atoms with Crippen molar-refractivity contribution in [1.29, 1.82) is 5.26 Å². The van der Waals surface area contributed by atoms with Crippen molar-refractivity contribution >= 4 is 17.7 Å². The number of nitriles is 1. The second-order valence-corrected chi connectivity index (χ2v) is 11.9. The maximum absolute atomic E-state index is 15.3. The van der Waals surface area contributed by atoms with Gasteiger partial charge in [-0.15, -0.1) is 5.10 Å². The lowest BCUT2D eigenvalue weighted by Gasteiger charge is -2.32. The van der Waals surface area contributed by atoms with Crippen molar-refractivity contribution in [3.63, 3.8) is 0 Å².